The van der Waals surface area contributed by atoms with Crippen LogP contribution < -0.4 is 5.32 Å². The second-order valence-corrected chi connectivity index (χ2v) is 12.3. The van der Waals surface area contributed by atoms with Gasteiger partial charge in [-0.2, -0.15) is 0 Å². The molecule has 10 nitrogen and oxygen atoms in total. The Morgan fingerprint density at radius 2 is 1.80 bits per heavy atom. The smallest absolute Gasteiger partial charge is 0.269 e. The third kappa shape index (κ3) is 5.96. The summed E-state index contributed by atoms with van der Waals surface area (Å²) in [4.78, 5) is 57.5. The zero-order chi connectivity index (χ0) is 29.5. The summed E-state index contributed by atoms with van der Waals surface area (Å²) in [6.45, 7) is 9.63. The first-order chi connectivity index (χ1) is 19.4. The number of piperazine rings is 1. The summed E-state index contributed by atoms with van der Waals surface area (Å²) < 4.78 is 0. The third-order valence-electron chi connectivity index (χ3n) is 8.11. The van der Waals surface area contributed by atoms with E-state index in [4.69, 9.17) is 0 Å². The number of fused-ring (bicyclic) bond motifs is 1. The largest absolute Gasteiger partial charge is 0.361 e. The highest BCUT2D eigenvalue weighted by atomic mass is 16.6. The highest BCUT2D eigenvalue weighted by Gasteiger charge is 2.39. The number of benzene rings is 2. The maximum atomic E-state index is 14.0. The van der Waals surface area contributed by atoms with Gasteiger partial charge in [0.1, 0.15) is 6.04 Å². The van der Waals surface area contributed by atoms with E-state index in [9.17, 15) is 24.5 Å². The van der Waals surface area contributed by atoms with Crippen molar-refractivity contribution < 1.29 is 19.3 Å². The number of nitrogens with zero attached hydrogens (tertiary/aromatic N) is 3. The van der Waals surface area contributed by atoms with E-state index in [2.05, 4.69) is 37.1 Å². The van der Waals surface area contributed by atoms with Gasteiger partial charge in [-0.15, -0.1) is 0 Å². The molecule has 3 aromatic rings. The Bertz CT molecular complexity index is 1480. The number of carbonyl (C=O) groups is 3. The topological polar surface area (TPSA) is 129 Å². The van der Waals surface area contributed by atoms with Crippen molar-refractivity contribution in [2.24, 2.45) is 5.92 Å². The van der Waals surface area contributed by atoms with E-state index >= 15 is 0 Å². The fraction of sp³-hybridized carbons (Fsp3) is 0.452. The van der Waals surface area contributed by atoms with Gasteiger partial charge in [-0.1, -0.05) is 32.9 Å². The molecule has 2 N–H and O–H groups in total. The summed E-state index contributed by atoms with van der Waals surface area (Å²) in [5.41, 5.74) is 2.99. The summed E-state index contributed by atoms with van der Waals surface area (Å²) in [6, 6.07) is 10.4. The van der Waals surface area contributed by atoms with E-state index in [0.29, 0.717) is 19.6 Å². The van der Waals surface area contributed by atoms with E-state index in [1.54, 1.807) is 4.90 Å². The van der Waals surface area contributed by atoms with Crippen LogP contribution in [0.4, 0.5) is 5.69 Å². The lowest BCUT2D eigenvalue weighted by atomic mass is 9.83. The van der Waals surface area contributed by atoms with Gasteiger partial charge in [-0.3, -0.25) is 24.5 Å². The molecule has 1 saturated heterocycles. The number of hydrogen-bond acceptors (Lipinski definition) is 5. The van der Waals surface area contributed by atoms with Gasteiger partial charge in [0.15, 0.2) is 0 Å². The molecule has 1 aliphatic carbocycles. The number of carbonyl (C=O) groups excluding carboxylic acids is 3. The lowest BCUT2D eigenvalue weighted by Crippen LogP contribution is -2.59. The minimum Gasteiger partial charge on any atom is -0.361 e. The van der Waals surface area contributed by atoms with Crippen LogP contribution in [-0.4, -0.2) is 69.1 Å². The molecule has 5 rings (SSSR count). The molecule has 0 radical (unpaired) electrons. The van der Waals surface area contributed by atoms with E-state index in [1.165, 1.54) is 24.3 Å². The van der Waals surface area contributed by atoms with E-state index in [1.807, 2.05) is 30.2 Å². The standard InChI is InChI=1S/C31H37N5O5/c1-19-18-34(14-15-35(19)29(38)21-8-9-21)30(39)26(33-28(37)20-10-12-23(13-11-20)36(40)41)16-22-17-32-25-7-5-6-24(27(22)25)31(2,3)4/h5-7,10-13,17,19,21,26,32H,8-9,14-16,18H2,1-4H3,(H,33,37). The molecule has 0 bridgehead atoms. The zero-order valence-corrected chi connectivity index (χ0v) is 24.0. The molecule has 3 amide bonds. The second-order valence-electron chi connectivity index (χ2n) is 12.3. The van der Waals surface area contributed by atoms with E-state index in [-0.39, 0.29) is 46.9 Å². The fourth-order valence-electron chi connectivity index (χ4n) is 5.71. The van der Waals surface area contributed by atoms with Crippen LogP contribution in [0, 0.1) is 16.0 Å². The number of amides is 3. The number of H-pyrrole nitrogens is 1. The minimum absolute atomic E-state index is 0.115. The first-order valence-electron chi connectivity index (χ1n) is 14.2. The minimum atomic E-state index is -0.873. The van der Waals surface area contributed by atoms with Crippen molar-refractivity contribution >= 4 is 34.3 Å². The lowest BCUT2D eigenvalue weighted by Gasteiger charge is -2.41. The van der Waals surface area contributed by atoms with E-state index in [0.717, 1.165) is 34.9 Å². The molecule has 1 aliphatic heterocycles. The molecular formula is C31H37N5O5. The molecule has 2 aromatic carbocycles. The number of aromatic amines is 1. The number of nitro benzene ring substituents is 1. The number of nitro groups is 1. The van der Waals surface area contributed by atoms with Crippen molar-refractivity contribution in [3.63, 3.8) is 0 Å². The fourth-order valence-corrected chi connectivity index (χ4v) is 5.71. The Hall–Kier alpha value is -4.21. The average molecular weight is 560 g/mol. The molecule has 2 fully saturated rings. The van der Waals surface area contributed by atoms with Gasteiger partial charge in [0, 0.05) is 72.8 Å². The van der Waals surface area contributed by atoms with Crippen LogP contribution in [0.3, 0.4) is 0 Å². The lowest BCUT2D eigenvalue weighted by molar-refractivity contribution is -0.384. The van der Waals surface area contributed by atoms with Crippen LogP contribution >= 0.6 is 0 Å². The molecule has 2 aliphatic rings. The summed E-state index contributed by atoms with van der Waals surface area (Å²) in [6.07, 6.45) is 4.03. The number of nitrogens with one attached hydrogen (secondary N) is 2. The van der Waals surface area contributed by atoms with Crippen LogP contribution in [0.5, 0.6) is 0 Å². The van der Waals surface area contributed by atoms with Crippen LogP contribution in [0.25, 0.3) is 10.9 Å². The number of hydrogen-bond donors (Lipinski definition) is 2. The molecule has 1 saturated carbocycles. The molecule has 2 unspecified atom stereocenters. The molecule has 1 aromatic heterocycles. The van der Waals surface area contributed by atoms with Gasteiger partial charge >= 0.3 is 0 Å². The van der Waals surface area contributed by atoms with Crippen molar-refractivity contribution in [1.82, 2.24) is 20.1 Å². The third-order valence-corrected chi connectivity index (χ3v) is 8.11. The van der Waals surface area contributed by atoms with Gasteiger partial charge in [-0.05, 0) is 54.5 Å². The normalized spacial score (nSPS) is 18.3. The van der Waals surface area contributed by atoms with Gasteiger partial charge in [-0.25, -0.2) is 0 Å². The number of rotatable bonds is 7. The summed E-state index contributed by atoms with van der Waals surface area (Å²) >= 11 is 0. The highest BCUT2D eigenvalue weighted by molar-refractivity contribution is 5.98. The Morgan fingerprint density at radius 1 is 1.10 bits per heavy atom. The van der Waals surface area contributed by atoms with Gasteiger partial charge in [0.25, 0.3) is 11.6 Å². The Labute approximate surface area is 239 Å². The van der Waals surface area contributed by atoms with Crippen LogP contribution in [-0.2, 0) is 21.4 Å². The van der Waals surface area contributed by atoms with Crippen molar-refractivity contribution in [1.29, 1.82) is 0 Å². The first-order valence-corrected chi connectivity index (χ1v) is 14.2. The second kappa shape index (κ2) is 11.0. The van der Waals surface area contributed by atoms with Crippen LogP contribution in [0.1, 0.15) is 62.0 Å². The summed E-state index contributed by atoms with van der Waals surface area (Å²) in [5.74, 6) is -0.411. The average Bonchev–Trinajstić information content (AvgIpc) is 3.72. The highest BCUT2D eigenvalue weighted by Crippen LogP contribution is 2.34. The quantitative estimate of drug-likeness (QED) is 0.331. The molecular weight excluding hydrogens is 522 g/mol. The molecule has 0 spiro atoms. The van der Waals surface area contributed by atoms with Crippen LogP contribution in [0.2, 0.25) is 0 Å². The Morgan fingerprint density at radius 3 is 2.41 bits per heavy atom. The Balaban J connectivity index is 1.42. The maximum absolute atomic E-state index is 14.0. The maximum Gasteiger partial charge on any atom is 0.269 e. The molecule has 2 heterocycles. The zero-order valence-electron chi connectivity index (χ0n) is 24.0. The van der Waals surface area contributed by atoms with Crippen molar-refractivity contribution in [2.75, 3.05) is 19.6 Å². The first kappa shape index (κ1) is 28.3. The molecule has 41 heavy (non-hydrogen) atoms. The van der Waals surface area contributed by atoms with Crippen LogP contribution in [0.15, 0.2) is 48.7 Å². The summed E-state index contributed by atoms with van der Waals surface area (Å²) in [5, 5.41) is 15.0. The van der Waals surface area contributed by atoms with Crippen molar-refractivity contribution in [2.45, 2.75) is 64.5 Å². The van der Waals surface area contributed by atoms with Crippen molar-refractivity contribution in [3.8, 4) is 0 Å². The van der Waals surface area contributed by atoms with Gasteiger partial charge in [0.2, 0.25) is 11.8 Å². The number of non-ortho nitro benzene ring substituents is 1. The monoisotopic (exact) mass is 559 g/mol. The van der Waals surface area contributed by atoms with E-state index < -0.39 is 16.9 Å². The van der Waals surface area contributed by atoms with Crippen molar-refractivity contribution in [3.05, 3.63) is 75.5 Å². The molecule has 2 atom stereocenters. The molecule has 10 heteroatoms. The van der Waals surface area contributed by atoms with Gasteiger partial charge < -0.3 is 20.1 Å². The SMILES string of the molecule is CC1CN(C(=O)C(Cc2c[nH]c3cccc(C(C)(C)C)c23)NC(=O)c2ccc([N+](=O)[O-])cc2)CCN1C(=O)C1CC1. The molecule has 216 valence electrons. The predicted molar refractivity (Wildman–Crippen MR) is 156 cm³/mol. The summed E-state index contributed by atoms with van der Waals surface area (Å²) in [7, 11) is 0. The predicted octanol–water partition coefficient (Wildman–Crippen LogP) is 4.18. The Kier molecular flexibility index (Phi) is 7.59. The van der Waals surface area contributed by atoms with Gasteiger partial charge in [0.05, 0.1) is 4.92 Å². The number of aromatic nitrogens is 1.